The van der Waals surface area contributed by atoms with Crippen LogP contribution in [0.1, 0.15) is 0 Å². The van der Waals surface area contributed by atoms with Gasteiger partial charge in [0.1, 0.15) is 0 Å². The van der Waals surface area contributed by atoms with Gasteiger partial charge in [-0.05, 0) is 6.08 Å². The van der Waals surface area contributed by atoms with Crippen LogP contribution in [0.25, 0.3) is 0 Å². The minimum atomic E-state index is 0.146. The topological polar surface area (TPSA) is 76.7 Å². The predicted molar refractivity (Wildman–Crippen MR) is 41.5 cm³/mol. The minimum Gasteiger partial charge on any atom is -0.364 e. The first-order valence-corrected chi connectivity index (χ1v) is 2.57. The fourth-order valence-corrected chi connectivity index (χ4v) is 0.258. The molecule has 5 nitrogen and oxygen atoms in total. The summed E-state index contributed by atoms with van der Waals surface area (Å²) in [6.45, 7) is 6.66. The van der Waals surface area contributed by atoms with E-state index in [-0.39, 0.29) is 5.96 Å². The Morgan fingerprint density at radius 3 is 2.90 bits per heavy atom. The van der Waals surface area contributed by atoms with Gasteiger partial charge in [0.25, 0.3) is 5.96 Å². The molecule has 0 atom stereocenters. The third kappa shape index (κ3) is 4.51. The van der Waals surface area contributed by atoms with Crippen molar-refractivity contribution in [1.29, 1.82) is 0 Å². The molecule has 0 aromatic heterocycles. The van der Waals surface area contributed by atoms with E-state index in [1.807, 2.05) is 0 Å². The lowest BCUT2D eigenvalue weighted by Gasteiger charge is -1.86. The molecular weight excluding hydrogens is 130 g/mol. The molecule has 0 bridgehead atoms. The quantitative estimate of drug-likeness (QED) is 0.235. The van der Waals surface area contributed by atoms with Crippen LogP contribution in [-0.4, -0.2) is 18.9 Å². The molecular formula is C5H10N5+. The molecule has 10 heavy (non-hydrogen) atoms. The van der Waals surface area contributed by atoms with Crippen molar-refractivity contribution in [2.75, 3.05) is 0 Å². The minimum absolute atomic E-state index is 0.146. The molecule has 0 fully saturated rings. The van der Waals surface area contributed by atoms with E-state index in [4.69, 9.17) is 5.73 Å². The fraction of sp³-hybridized carbons (Fsp3) is 0. The number of nitrogens with one attached hydrogen (secondary N) is 2. The van der Waals surface area contributed by atoms with E-state index in [1.54, 1.807) is 0 Å². The van der Waals surface area contributed by atoms with Gasteiger partial charge in [-0.15, -0.1) is 15.6 Å². The number of nitrogens with zero attached hydrogens (tertiary/aromatic N) is 2. The van der Waals surface area contributed by atoms with E-state index in [0.29, 0.717) is 0 Å². The van der Waals surface area contributed by atoms with Crippen molar-refractivity contribution >= 4 is 18.9 Å². The van der Waals surface area contributed by atoms with E-state index >= 15 is 0 Å². The maximum atomic E-state index is 5.21. The summed E-state index contributed by atoms with van der Waals surface area (Å²) in [6.07, 6.45) is 2.91. The van der Waals surface area contributed by atoms with Crippen LogP contribution in [-0.2, 0) is 0 Å². The highest BCUT2D eigenvalue weighted by atomic mass is 15.4. The zero-order valence-electron chi connectivity index (χ0n) is 5.54. The number of guanidine groups is 1. The van der Waals surface area contributed by atoms with Crippen molar-refractivity contribution in [3.05, 3.63) is 12.7 Å². The lowest BCUT2D eigenvalue weighted by Crippen LogP contribution is -2.80. The van der Waals surface area contributed by atoms with Gasteiger partial charge >= 0.3 is 0 Å². The monoisotopic (exact) mass is 140 g/mol. The Kier molecular flexibility index (Phi) is 4.58. The maximum Gasteiger partial charge on any atom is 0.269 e. The third-order valence-electron chi connectivity index (χ3n) is 0.554. The van der Waals surface area contributed by atoms with Crippen LogP contribution in [0.5, 0.6) is 0 Å². The number of hydrazone groups is 1. The summed E-state index contributed by atoms with van der Waals surface area (Å²) in [7, 11) is 0. The van der Waals surface area contributed by atoms with Crippen molar-refractivity contribution in [1.82, 2.24) is 5.43 Å². The summed E-state index contributed by atoms with van der Waals surface area (Å²) in [5.41, 5.74) is 7.64. The Hall–Kier alpha value is -1.65. The molecule has 0 aliphatic carbocycles. The van der Waals surface area contributed by atoms with Gasteiger partial charge in [-0.1, -0.05) is 6.58 Å². The molecule has 0 heterocycles. The van der Waals surface area contributed by atoms with Crippen LogP contribution in [0.2, 0.25) is 0 Å². The smallest absolute Gasteiger partial charge is 0.269 e. The molecule has 0 saturated carbocycles. The molecule has 0 radical (unpaired) electrons. The third-order valence-corrected chi connectivity index (χ3v) is 0.554. The van der Waals surface area contributed by atoms with Crippen LogP contribution < -0.4 is 16.3 Å². The van der Waals surface area contributed by atoms with Gasteiger partial charge in [-0.2, -0.15) is 5.10 Å². The van der Waals surface area contributed by atoms with Gasteiger partial charge in [0.2, 0.25) is 0 Å². The van der Waals surface area contributed by atoms with E-state index < -0.39 is 0 Å². The van der Waals surface area contributed by atoms with E-state index in [0.717, 1.165) is 0 Å². The molecule has 0 unspecified atom stereocenters. The second-order valence-corrected chi connectivity index (χ2v) is 1.29. The van der Waals surface area contributed by atoms with Gasteiger partial charge in [-0.25, -0.2) is 0 Å². The summed E-state index contributed by atoms with van der Waals surface area (Å²) in [4.78, 5) is 0. The molecule has 0 aromatic carbocycles. The fourth-order valence-electron chi connectivity index (χ4n) is 0.258. The van der Waals surface area contributed by atoms with Gasteiger partial charge in [0.15, 0.2) is 6.72 Å². The Balaban J connectivity index is 3.77. The first-order valence-electron chi connectivity index (χ1n) is 2.57. The van der Waals surface area contributed by atoms with Gasteiger partial charge < -0.3 is 5.73 Å². The summed E-state index contributed by atoms with van der Waals surface area (Å²) in [5, 5.41) is 9.32. The molecule has 0 aromatic rings. The van der Waals surface area contributed by atoms with E-state index in [2.05, 4.69) is 34.0 Å². The molecule has 54 valence electrons. The number of nitrogens with two attached hydrogens (primary N) is 1. The van der Waals surface area contributed by atoms with Crippen molar-refractivity contribution in [3.8, 4) is 0 Å². The number of rotatable bonds is 3. The average Bonchev–Trinajstić information content (AvgIpc) is 1.89. The van der Waals surface area contributed by atoms with Crippen LogP contribution in [0.3, 0.4) is 0 Å². The number of hydrazine groups is 1. The Morgan fingerprint density at radius 2 is 2.40 bits per heavy atom. The SMILES string of the molecule is C=CC=N/N=C(\N)N[NH+]=C. The number of hydrogen-bond donors (Lipinski definition) is 3. The van der Waals surface area contributed by atoms with E-state index in [9.17, 15) is 0 Å². The largest absolute Gasteiger partial charge is 0.364 e. The molecule has 0 aliphatic rings. The molecule has 0 spiro atoms. The Bertz CT molecular complexity index is 169. The van der Waals surface area contributed by atoms with Crippen LogP contribution in [0.4, 0.5) is 0 Å². The van der Waals surface area contributed by atoms with Crippen LogP contribution in [0.15, 0.2) is 22.9 Å². The first kappa shape index (κ1) is 8.35. The molecule has 4 N–H and O–H groups in total. The van der Waals surface area contributed by atoms with Gasteiger partial charge in [0, 0.05) is 6.21 Å². The second-order valence-electron chi connectivity index (χ2n) is 1.29. The van der Waals surface area contributed by atoms with Crippen molar-refractivity contribution in [2.45, 2.75) is 0 Å². The molecule has 0 aliphatic heterocycles. The molecule has 0 rings (SSSR count). The summed E-state index contributed by atoms with van der Waals surface area (Å²) in [6, 6.07) is 0. The lowest BCUT2D eigenvalue weighted by molar-refractivity contribution is -0.496. The highest BCUT2D eigenvalue weighted by molar-refractivity contribution is 5.77. The Labute approximate surface area is 59.0 Å². The van der Waals surface area contributed by atoms with Crippen molar-refractivity contribution < 1.29 is 5.10 Å². The maximum absolute atomic E-state index is 5.21. The number of allylic oxidation sites excluding steroid dienone is 1. The zero-order valence-corrected chi connectivity index (χ0v) is 5.54. The van der Waals surface area contributed by atoms with Crippen LogP contribution >= 0.6 is 0 Å². The average molecular weight is 140 g/mol. The Morgan fingerprint density at radius 1 is 1.70 bits per heavy atom. The summed E-state index contributed by atoms with van der Waals surface area (Å²) >= 11 is 0. The molecule has 5 heteroatoms. The normalized spacial score (nSPS) is 11.4. The number of hydrogen-bond acceptors (Lipinski definition) is 2. The van der Waals surface area contributed by atoms with Gasteiger partial charge in [-0.3, -0.25) is 0 Å². The standard InChI is InChI=1S/C5H9N5/c1-3-4-8-10-5(6)9-7-2/h3-4H,1-2H2,(H3,6,9,10)/p+1. The van der Waals surface area contributed by atoms with Gasteiger partial charge in [0.05, 0.1) is 0 Å². The molecule has 0 amide bonds. The first-order chi connectivity index (χ1) is 4.81. The van der Waals surface area contributed by atoms with Crippen molar-refractivity contribution in [2.24, 2.45) is 15.9 Å². The van der Waals surface area contributed by atoms with Crippen LogP contribution in [0, 0.1) is 0 Å². The molecule has 0 saturated heterocycles. The van der Waals surface area contributed by atoms with Crippen molar-refractivity contribution in [3.63, 3.8) is 0 Å². The predicted octanol–water partition coefficient (Wildman–Crippen LogP) is -2.24. The highest BCUT2D eigenvalue weighted by Crippen LogP contribution is 1.66. The summed E-state index contributed by atoms with van der Waals surface area (Å²) in [5.74, 6) is 0.146. The highest BCUT2D eigenvalue weighted by Gasteiger charge is 1.84. The lowest BCUT2D eigenvalue weighted by atomic mass is 10.7. The second kappa shape index (κ2) is 5.49. The van der Waals surface area contributed by atoms with E-state index in [1.165, 1.54) is 12.3 Å². The summed E-state index contributed by atoms with van der Waals surface area (Å²) < 4.78 is 0. The zero-order chi connectivity index (χ0) is 7.82.